The number of hydrogen-bond acceptors (Lipinski definition) is 3. The molecule has 0 spiro atoms. The molecular weight excluding hydrogens is 270 g/mol. The van der Waals surface area contributed by atoms with E-state index in [-0.39, 0.29) is 5.92 Å². The average molecular weight is 282 g/mol. The molecule has 0 amide bonds. The van der Waals surface area contributed by atoms with Crippen molar-refractivity contribution < 1.29 is 9.90 Å². The van der Waals surface area contributed by atoms with Crippen LogP contribution in [0.15, 0.2) is 18.2 Å². The van der Waals surface area contributed by atoms with E-state index in [9.17, 15) is 4.79 Å². The molecule has 0 bridgehead atoms. The lowest BCUT2D eigenvalue weighted by Gasteiger charge is -2.04. The summed E-state index contributed by atoms with van der Waals surface area (Å²) in [6, 6.07) is 5.70. The molecule has 3 nitrogen and oxygen atoms in total. The molecule has 0 radical (unpaired) electrons. The number of halogens is 1. The van der Waals surface area contributed by atoms with E-state index < -0.39 is 5.97 Å². The van der Waals surface area contributed by atoms with E-state index in [4.69, 9.17) is 16.7 Å². The topological polar surface area (TPSA) is 50.2 Å². The number of hydrogen-bond donors (Lipinski definition) is 1. The largest absolute Gasteiger partial charge is 0.481 e. The molecule has 18 heavy (non-hydrogen) atoms. The van der Waals surface area contributed by atoms with Gasteiger partial charge in [-0.15, -0.1) is 11.3 Å². The summed E-state index contributed by atoms with van der Waals surface area (Å²) in [4.78, 5) is 15.6. The van der Waals surface area contributed by atoms with Gasteiger partial charge in [-0.2, -0.15) is 0 Å². The van der Waals surface area contributed by atoms with Gasteiger partial charge in [0.1, 0.15) is 0 Å². The fourth-order valence-corrected chi connectivity index (χ4v) is 3.78. The van der Waals surface area contributed by atoms with Gasteiger partial charge in [-0.3, -0.25) is 4.79 Å². The molecule has 1 aromatic carbocycles. The van der Waals surface area contributed by atoms with Crippen molar-refractivity contribution in [3.05, 3.63) is 28.2 Å². The van der Waals surface area contributed by atoms with Crippen molar-refractivity contribution in [3.8, 4) is 0 Å². The van der Waals surface area contributed by atoms with Gasteiger partial charge in [0.15, 0.2) is 0 Å². The molecule has 1 aliphatic carbocycles. The highest BCUT2D eigenvalue weighted by Crippen LogP contribution is 2.41. The first-order valence-corrected chi connectivity index (χ1v) is 7.12. The van der Waals surface area contributed by atoms with Crippen molar-refractivity contribution in [2.24, 2.45) is 5.92 Å². The fourth-order valence-electron chi connectivity index (χ4n) is 2.52. The number of carboxylic acid groups (broad SMARTS) is 1. The summed E-state index contributed by atoms with van der Waals surface area (Å²) in [6.07, 6.45) is 2.39. The zero-order valence-corrected chi connectivity index (χ0v) is 11.2. The number of fused-ring (bicyclic) bond motifs is 1. The zero-order valence-electron chi connectivity index (χ0n) is 9.60. The van der Waals surface area contributed by atoms with Crippen LogP contribution in [0.25, 0.3) is 10.2 Å². The van der Waals surface area contributed by atoms with Crippen LogP contribution in [-0.4, -0.2) is 16.1 Å². The molecule has 3 rings (SSSR count). The molecule has 1 aliphatic rings. The van der Waals surface area contributed by atoms with Crippen LogP contribution in [0.5, 0.6) is 0 Å². The minimum atomic E-state index is -0.679. The molecule has 0 aliphatic heterocycles. The first kappa shape index (κ1) is 11.9. The monoisotopic (exact) mass is 281 g/mol. The quantitative estimate of drug-likeness (QED) is 0.908. The second-order valence-corrected chi connectivity index (χ2v) is 6.21. The molecule has 1 aromatic heterocycles. The standard InChI is InChI=1S/C13H12ClNO2S/c14-9-3-4-11-10(6-9)15-12(18-11)7-1-2-8(5-7)13(16)17/h3-4,6-8H,1-2,5H2,(H,16,17). The predicted octanol–water partition coefficient (Wildman–Crippen LogP) is 3.92. The highest BCUT2D eigenvalue weighted by atomic mass is 35.5. The minimum Gasteiger partial charge on any atom is -0.481 e. The van der Waals surface area contributed by atoms with E-state index in [1.54, 1.807) is 11.3 Å². The third kappa shape index (κ3) is 2.10. The Bertz CT molecular complexity index is 610. The third-order valence-corrected chi connectivity index (χ3v) is 4.93. The summed E-state index contributed by atoms with van der Waals surface area (Å²) < 4.78 is 1.12. The molecule has 1 N–H and O–H groups in total. The number of nitrogens with zero attached hydrogens (tertiary/aromatic N) is 1. The van der Waals surface area contributed by atoms with Gasteiger partial charge in [-0.05, 0) is 37.5 Å². The van der Waals surface area contributed by atoms with Gasteiger partial charge in [-0.25, -0.2) is 4.98 Å². The van der Waals surface area contributed by atoms with Crippen molar-refractivity contribution in [1.82, 2.24) is 4.98 Å². The van der Waals surface area contributed by atoms with Crippen LogP contribution in [0.1, 0.15) is 30.2 Å². The number of carbonyl (C=O) groups is 1. The smallest absolute Gasteiger partial charge is 0.306 e. The number of thiazole rings is 1. The molecule has 0 saturated heterocycles. The first-order valence-electron chi connectivity index (χ1n) is 5.92. The Morgan fingerprint density at radius 1 is 1.44 bits per heavy atom. The first-order chi connectivity index (χ1) is 8.63. The van der Waals surface area contributed by atoms with Gasteiger partial charge in [0.2, 0.25) is 0 Å². The van der Waals surface area contributed by atoms with E-state index in [2.05, 4.69) is 4.98 Å². The summed E-state index contributed by atoms with van der Waals surface area (Å²) in [5, 5.41) is 10.8. The van der Waals surface area contributed by atoms with Gasteiger partial charge in [0.25, 0.3) is 0 Å². The van der Waals surface area contributed by atoms with Crippen LogP contribution in [0, 0.1) is 5.92 Å². The molecule has 1 heterocycles. The van der Waals surface area contributed by atoms with E-state index in [0.717, 1.165) is 28.1 Å². The number of carboxylic acids is 1. The molecule has 1 fully saturated rings. The SMILES string of the molecule is O=C(O)C1CCC(c2nc3cc(Cl)ccc3s2)C1. The van der Waals surface area contributed by atoms with Crippen molar-refractivity contribution in [2.75, 3.05) is 0 Å². The van der Waals surface area contributed by atoms with Crippen molar-refractivity contribution in [3.63, 3.8) is 0 Å². The molecule has 2 atom stereocenters. The summed E-state index contributed by atoms with van der Waals surface area (Å²) >= 11 is 7.59. The maximum absolute atomic E-state index is 11.0. The number of benzene rings is 1. The lowest BCUT2D eigenvalue weighted by molar-refractivity contribution is -0.141. The summed E-state index contributed by atoms with van der Waals surface area (Å²) in [5.41, 5.74) is 0.918. The van der Waals surface area contributed by atoms with Crippen molar-refractivity contribution >= 4 is 39.1 Å². The highest BCUT2D eigenvalue weighted by molar-refractivity contribution is 7.18. The summed E-state index contributed by atoms with van der Waals surface area (Å²) in [7, 11) is 0. The molecule has 2 aromatic rings. The van der Waals surface area contributed by atoms with Gasteiger partial charge in [-0.1, -0.05) is 11.6 Å². The Morgan fingerprint density at radius 3 is 3.00 bits per heavy atom. The van der Waals surface area contributed by atoms with Crippen LogP contribution in [0.2, 0.25) is 5.02 Å². The number of aromatic nitrogens is 1. The van der Waals surface area contributed by atoms with Crippen molar-refractivity contribution in [1.29, 1.82) is 0 Å². The van der Waals surface area contributed by atoms with Crippen molar-refractivity contribution in [2.45, 2.75) is 25.2 Å². The highest BCUT2D eigenvalue weighted by Gasteiger charge is 2.32. The third-order valence-electron chi connectivity index (χ3n) is 3.50. The second kappa shape index (κ2) is 4.52. The van der Waals surface area contributed by atoms with Gasteiger partial charge in [0, 0.05) is 10.9 Å². The van der Waals surface area contributed by atoms with Crippen LogP contribution in [0.4, 0.5) is 0 Å². The molecular formula is C13H12ClNO2S. The van der Waals surface area contributed by atoms with Crippen LogP contribution in [-0.2, 0) is 4.79 Å². The van der Waals surface area contributed by atoms with Gasteiger partial charge in [0.05, 0.1) is 21.1 Å². The Labute approximate surface area is 113 Å². The summed E-state index contributed by atoms with van der Waals surface area (Å²) in [5.74, 6) is -0.588. The normalized spacial score (nSPS) is 23.6. The molecule has 2 unspecified atom stereocenters. The number of aliphatic carboxylic acids is 1. The van der Waals surface area contributed by atoms with E-state index in [1.807, 2.05) is 18.2 Å². The Kier molecular flexibility index (Phi) is 2.99. The fraction of sp³-hybridized carbons (Fsp3) is 0.385. The van der Waals surface area contributed by atoms with Crippen LogP contribution >= 0.6 is 22.9 Å². The van der Waals surface area contributed by atoms with E-state index in [1.165, 1.54) is 0 Å². The summed E-state index contributed by atoms with van der Waals surface area (Å²) in [6.45, 7) is 0. The second-order valence-electron chi connectivity index (χ2n) is 4.71. The lowest BCUT2D eigenvalue weighted by Crippen LogP contribution is -2.09. The molecule has 5 heteroatoms. The Balaban J connectivity index is 1.89. The van der Waals surface area contributed by atoms with Gasteiger partial charge >= 0.3 is 5.97 Å². The maximum atomic E-state index is 11.0. The van der Waals surface area contributed by atoms with E-state index in [0.29, 0.717) is 17.4 Å². The van der Waals surface area contributed by atoms with Gasteiger partial charge < -0.3 is 5.11 Å². The number of rotatable bonds is 2. The Morgan fingerprint density at radius 2 is 2.28 bits per heavy atom. The zero-order chi connectivity index (χ0) is 12.7. The lowest BCUT2D eigenvalue weighted by atomic mass is 10.1. The minimum absolute atomic E-state index is 0.203. The van der Waals surface area contributed by atoms with Crippen LogP contribution in [0.3, 0.4) is 0 Å². The average Bonchev–Trinajstić information content (AvgIpc) is 2.93. The molecule has 1 saturated carbocycles. The Hall–Kier alpha value is -1.13. The maximum Gasteiger partial charge on any atom is 0.306 e. The van der Waals surface area contributed by atoms with Crippen LogP contribution < -0.4 is 0 Å². The van der Waals surface area contributed by atoms with E-state index >= 15 is 0 Å². The predicted molar refractivity (Wildman–Crippen MR) is 72.3 cm³/mol. The molecule has 94 valence electrons.